The highest BCUT2D eigenvalue weighted by molar-refractivity contribution is 6.30. The van der Waals surface area contributed by atoms with E-state index in [0.29, 0.717) is 17.9 Å². The molecule has 0 aliphatic heterocycles. The van der Waals surface area contributed by atoms with Gasteiger partial charge in [0.1, 0.15) is 0 Å². The molecule has 2 aromatic carbocycles. The summed E-state index contributed by atoms with van der Waals surface area (Å²) in [6.07, 6.45) is 2.39. The summed E-state index contributed by atoms with van der Waals surface area (Å²) in [7, 11) is 1.84. The number of rotatable bonds is 9. The minimum Gasteiger partial charge on any atom is -0.405 e. The molecule has 2 aromatic rings. The number of aliphatic hydroxyl groups is 1. The van der Waals surface area contributed by atoms with Gasteiger partial charge in [0.15, 0.2) is 0 Å². The Bertz CT molecular complexity index is 761. The van der Waals surface area contributed by atoms with Gasteiger partial charge in [-0.25, -0.2) is 0 Å². The molecule has 0 saturated heterocycles. The SMILES string of the molecule is CNc1cc(Cl)ccc1C(NC(N)Cc1ccc(C)cc1)/C(=C\N)CCO. The van der Waals surface area contributed by atoms with Crippen molar-refractivity contribution in [1.29, 1.82) is 0 Å². The fourth-order valence-electron chi connectivity index (χ4n) is 3.10. The van der Waals surface area contributed by atoms with E-state index in [0.717, 1.165) is 22.4 Å². The molecule has 0 aliphatic rings. The van der Waals surface area contributed by atoms with Crippen LogP contribution in [-0.2, 0) is 6.42 Å². The smallest absolute Gasteiger partial charge is 0.0595 e. The zero-order valence-electron chi connectivity index (χ0n) is 15.9. The Kier molecular flexibility index (Phi) is 8.13. The van der Waals surface area contributed by atoms with Crippen LogP contribution >= 0.6 is 11.6 Å². The Morgan fingerprint density at radius 2 is 1.93 bits per heavy atom. The fraction of sp³-hybridized carbons (Fsp3) is 0.333. The van der Waals surface area contributed by atoms with Gasteiger partial charge in [-0.2, -0.15) is 0 Å². The summed E-state index contributed by atoms with van der Waals surface area (Å²) in [5, 5.41) is 16.7. The Morgan fingerprint density at radius 1 is 1.22 bits per heavy atom. The Hall–Kier alpha value is -2.05. The van der Waals surface area contributed by atoms with Crippen LogP contribution in [0.3, 0.4) is 0 Å². The van der Waals surface area contributed by atoms with Crippen LogP contribution < -0.4 is 22.1 Å². The molecule has 0 heterocycles. The quantitative estimate of drug-likeness (QED) is 0.425. The van der Waals surface area contributed by atoms with Crippen molar-refractivity contribution >= 4 is 17.3 Å². The molecule has 2 rings (SSSR count). The highest BCUT2D eigenvalue weighted by Crippen LogP contribution is 2.32. The molecule has 27 heavy (non-hydrogen) atoms. The molecule has 0 fully saturated rings. The molecule has 0 aromatic heterocycles. The maximum Gasteiger partial charge on any atom is 0.0595 e. The van der Waals surface area contributed by atoms with Crippen molar-refractivity contribution in [3.63, 3.8) is 0 Å². The average Bonchev–Trinajstić information content (AvgIpc) is 2.66. The zero-order chi connectivity index (χ0) is 19.8. The second-order valence-corrected chi connectivity index (χ2v) is 7.03. The van der Waals surface area contributed by atoms with Crippen molar-refractivity contribution < 1.29 is 5.11 Å². The van der Waals surface area contributed by atoms with Crippen LogP contribution in [0.15, 0.2) is 54.2 Å². The summed E-state index contributed by atoms with van der Waals surface area (Å²) < 4.78 is 0. The van der Waals surface area contributed by atoms with E-state index >= 15 is 0 Å². The third-order valence-electron chi connectivity index (χ3n) is 4.54. The minimum absolute atomic E-state index is 0.0108. The maximum atomic E-state index is 9.44. The van der Waals surface area contributed by atoms with Gasteiger partial charge in [0, 0.05) is 30.8 Å². The molecular weight excluding hydrogens is 360 g/mol. The van der Waals surface area contributed by atoms with Crippen LogP contribution in [0.5, 0.6) is 0 Å². The van der Waals surface area contributed by atoms with Crippen LogP contribution in [0, 0.1) is 6.92 Å². The van der Waals surface area contributed by atoms with Gasteiger partial charge in [-0.3, -0.25) is 5.32 Å². The molecule has 0 bridgehead atoms. The Labute approximate surface area is 166 Å². The number of benzene rings is 2. The van der Waals surface area contributed by atoms with Gasteiger partial charge < -0.3 is 21.9 Å². The normalized spacial score (nSPS) is 14.0. The van der Waals surface area contributed by atoms with E-state index < -0.39 is 0 Å². The summed E-state index contributed by atoms with van der Waals surface area (Å²) in [4.78, 5) is 0. The van der Waals surface area contributed by atoms with E-state index in [4.69, 9.17) is 23.1 Å². The number of hydrogen-bond donors (Lipinski definition) is 5. The molecule has 5 nitrogen and oxygen atoms in total. The van der Waals surface area contributed by atoms with Crippen molar-refractivity contribution in [3.05, 3.63) is 76.0 Å². The molecule has 0 spiro atoms. The average molecular weight is 389 g/mol. The number of anilines is 1. The lowest BCUT2D eigenvalue weighted by atomic mass is 9.94. The summed E-state index contributed by atoms with van der Waals surface area (Å²) in [5.41, 5.74) is 17.4. The Morgan fingerprint density at radius 3 is 2.52 bits per heavy atom. The molecule has 0 saturated carbocycles. The van der Waals surface area contributed by atoms with Gasteiger partial charge in [0.25, 0.3) is 0 Å². The second kappa shape index (κ2) is 10.3. The van der Waals surface area contributed by atoms with Crippen LogP contribution in [0.1, 0.15) is 29.2 Å². The molecule has 2 unspecified atom stereocenters. The lowest BCUT2D eigenvalue weighted by Crippen LogP contribution is -2.42. The number of aryl methyl sites for hydroxylation is 1. The molecule has 0 amide bonds. The first kappa shape index (κ1) is 21.3. The monoisotopic (exact) mass is 388 g/mol. The van der Waals surface area contributed by atoms with E-state index in [2.05, 4.69) is 41.8 Å². The zero-order valence-corrected chi connectivity index (χ0v) is 16.6. The lowest BCUT2D eigenvalue weighted by molar-refractivity contribution is 0.293. The van der Waals surface area contributed by atoms with Crippen molar-refractivity contribution in [3.8, 4) is 0 Å². The van der Waals surface area contributed by atoms with Crippen LogP contribution in [-0.4, -0.2) is 24.9 Å². The molecular formula is C21H29ClN4O. The molecule has 146 valence electrons. The number of aliphatic hydroxyl groups excluding tert-OH is 1. The number of halogens is 1. The van der Waals surface area contributed by atoms with E-state index in [-0.39, 0.29) is 18.8 Å². The molecule has 2 atom stereocenters. The van der Waals surface area contributed by atoms with Gasteiger partial charge in [-0.1, -0.05) is 47.5 Å². The van der Waals surface area contributed by atoms with Gasteiger partial charge in [-0.15, -0.1) is 0 Å². The van der Waals surface area contributed by atoms with Crippen molar-refractivity contribution in [1.82, 2.24) is 5.32 Å². The van der Waals surface area contributed by atoms with E-state index in [1.807, 2.05) is 25.2 Å². The predicted molar refractivity (Wildman–Crippen MR) is 114 cm³/mol. The number of nitrogens with one attached hydrogen (secondary N) is 2. The summed E-state index contributed by atoms with van der Waals surface area (Å²) in [5.74, 6) is 0. The highest BCUT2D eigenvalue weighted by Gasteiger charge is 2.22. The third-order valence-corrected chi connectivity index (χ3v) is 4.77. The van der Waals surface area contributed by atoms with E-state index in [9.17, 15) is 5.11 Å². The number of nitrogens with two attached hydrogens (primary N) is 2. The number of hydrogen-bond acceptors (Lipinski definition) is 5. The molecule has 7 N–H and O–H groups in total. The summed E-state index contributed by atoms with van der Waals surface area (Å²) >= 11 is 6.14. The predicted octanol–water partition coefficient (Wildman–Crippen LogP) is 3.07. The standard InChI is InChI=1S/C21H29ClN4O/c1-14-3-5-15(6-4-14)11-20(24)26-21(16(13-23)9-10-27)18-8-7-17(22)12-19(18)25-2/h3-8,12-13,20-21,25-27H,9-11,23-24H2,1-2H3/b16-13-. The molecule has 0 aliphatic carbocycles. The van der Waals surface area contributed by atoms with Crippen LogP contribution in [0.2, 0.25) is 5.02 Å². The van der Waals surface area contributed by atoms with Gasteiger partial charge in [-0.05, 0) is 48.4 Å². The maximum absolute atomic E-state index is 9.44. The van der Waals surface area contributed by atoms with Gasteiger partial charge in [0.2, 0.25) is 0 Å². The third kappa shape index (κ3) is 5.97. The minimum atomic E-state index is -0.285. The van der Waals surface area contributed by atoms with Crippen LogP contribution in [0.4, 0.5) is 5.69 Å². The lowest BCUT2D eigenvalue weighted by Gasteiger charge is -2.28. The van der Waals surface area contributed by atoms with Gasteiger partial charge in [0.05, 0.1) is 12.2 Å². The molecule has 0 radical (unpaired) electrons. The largest absolute Gasteiger partial charge is 0.405 e. The van der Waals surface area contributed by atoms with Crippen molar-refractivity contribution in [2.45, 2.75) is 32.0 Å². The first-order chi connectivity index (χ1) is 13.0. The second-order valence-electron chi connectivity index (χ2n) is 6.59. The van der Waals surface area contributed by atoms with Crippen LogP contribution in [0.25, 0.3) is 0 Å². The summed E-state index contributed by atoms with van der Waals surface area (Å²) in [6, 6.07) is 13.7. The topological polar surface area (TPSA) is 96.3 Å². The summed E-state index contributed by atoms with van der Waals surface area (Å²) in [6.45, 7) is 2.07. The van der Waals surface area contributed by atoms with Crippen molar-refractivity contribution in [2.75, 3.05) is 19.0 Å². The van der Waals surface area contributed by atoms with E-state index in [1.54, 1.807) is 6.20 Å². The molecule has 6 heteroatoms. The highest BCUT2D eigenvalue weighted by atomic mass is 35.5. The fourth-order valence-corrected chi connectivity index (χ4v) is 3.27. The Balaban J connectivity index is 2.28. The first-order valence-electron chi connectivity index (χ1n) is 9.04. The van der Waals surface area contributed by atoms with Gasteiger partial charge >= 0.3 is 0 Å². The van der Waals surface area contributed by atoms with E-state index in [1.165, 1.54) is 5.56 Å². The first-order valence-corrected chi connectivity index (χ1v) is 9.42. The van der Waals surface area contributed by atoms with Crippen molar-refractivity contribution in [2.24, 2.45) is 11.5 Å².